The lowest BCUT2D eigenvalue weighted by Gasteiger charge is -2.39. The molecule has 0 saturated carbocycles. The Bertz CT molecular complexity index is 323. The molecular formula is C12H17ClN2. The molecule has 1 heterocycles. The second kappa shape index (κ2) is 4.42. The van der Waals surface area contributed by atoms with Crippen LogP contribution < -0.4 is 4.90 Å². The van der Waals surface area contributed by atoms with Gasteiger partial charge in [0.25, 0.3) is 0 Å². The van der Waals surface area contributed by atoms with Crippen LogP contribution in [-0.4, -0.2) is 37.6 Å². The Kier molecular flexibility index (Phi) is 3.17. The quantitative estimate of drug-likeness (QED) is 0.723. The Balaban J connectivity index is 2.13. The van der Waals surface area contributed by atoms with Gasteiger partial charge in [-0.1, -0.05) is 11.6 Å². The number of hydrogen-bond donors (Lipinski definition) is 0. The molecule has 1 fully saturated rings. The number of hydrogen-bond acceptors (Lipinski definition) is 2. The van der Waals surface area contributed by atoms with Crippen LogP contribution in [0.1, 0.15) is 6.92 Å². The van der Waals surface area contributed by atoms with Crippen molar-refractivity contribution in [2.75, 3.05) is 31.6 Å². The van der Waals surface area contributed by atoms with Gasteiger partial charge in [-0.25, -0.2) is 0 Å². The summed E-state index contributed by atoms with van der Waals surface area (Å²) in [5, 5.41) is 0.806. The van der Waals surface area contributed by atoms with Crippen LogP contribution in [-0.2, 0) is 0 Å². The first-order valence-corrected chi connectivity index (χ1v) is 5.75. The Labute approximate surface area is 96.4 Å². The van der Waals surface area contributed by atoms with E-state index in [1.807, 2.05) is 12.1 Å². The number of piperazine rings is 1. The highest BCUT2D eigenvalue weighted by Gasteiger charge is 2.21. The van der Waals surface area contributed by atoms with Crippen molar-refractivity contribution in [2.45, 2.75) is 13.0 Å². The molecule has 0 amide bonds. The third kappa shape index (κ3) is 2.44. The predicted octanol–water partition coefficient (Wildman–Crippen LogP) is 2.48. The number of likely N-dealkylation sites (N-methyl/N-ethyl adjacent to an activating group) is 1. The van der Waals surface area contributed by atoms with Crippen molar-refractivity contribution < 1.29 is 0 Å². The summed E-state index contributed by atoms with van der Waals surface area (Å²) in [5.74, 6) is 0. The van der Waals surface area contributed by atoms with Gasteiger partial charge in [0.05, 0.1) is 0 Å². The Morgan fingerprint density at radius 1 is 1.20 bits per heavy atom. The van der Waals surface area contributed by atoms with Crippen LogP contribution in [0.4, 0.5) is 5.69 Å². The van der Waals surface area contributed by atoms with E-state index in [9.17, 15) is 0 Å². The average Bonchev–Trinajstić information content (AvgIpc) is 2.20. The van der Waals surface area contributed by atoms with Crippen LogP contribution in [0.25, 0.3) is 0 Å². The van der Waals surface area contributed by atoms with E-state index in [4.69, 9.17) is 11.6 Å². The van der Waals surface area contributed by atoms with Gasteiger partial charge >= 0.3 is 0 Å². The van der Waals surface area contributed by atoms with Gasteiger partial charge in [-0.05, 0) is 38.2 Å². The molecule has 1 aliphatic heterocycles. The van der Waals surface area contributed by atoms with Gasteiger partial charge in [0.2, 0.25) is 0 Å². The van der Waals surface area contributed by atoms with Crippen LogP contribution in [0.15, 0.2) is 24.3 Å². The molecule has 0 spiro atoms. The second-order valence-corrected chi connectivity index (χ2v) is 4.72. The van der Waals surface area contributed by atoms with E-state index >= 15 is 0 Å². The fourth-order valence-corrected chi connectivity index (χ4v) is 2.28. The van der Waals surface area contributed by atoms with E-state index < -0.39 is 0 Å². The molecule has 0 bridgehead atoms. The molecule has 0 aromatic heterocycles. The summed E-state index contributed by atoms with van der Waals surface area (Å²) >= 11 is 5.88. The molecule has 1 aliphatic rings. The number of anilines is 1. The van der Waals surface area contributed by atoms with Gasteiger partial charge < -0.3 is 9.80 Å². The molecule has 82 valence electrons. The van der Waals surface area contributed by atoms with Crippen molar-refractivity contribution in [3.63, 3.8) is 0 Å². The molecule has 0 unspecified atom stereocenters. The Morgan fingerprint density at radius 3 is 2.47 bits per heavy atom. The second-order valence-electron chi connectivity index (χ2n) is 4.28. The summed E-state index contributed by atoms with van der Waals surface area (Å²) in [7, 11) is 2.18. The Hall–Kier alpha value is -0.730. The van der Waals surface area contributed by atoms with Gasteiger partial charge in [-0.3, -0.25) is 0 Å². The lowest BCUT2D eigenvalue weighted by atomic mass is 10.1. The van der Waals surface area contributed by atoms with Crippen LogP contribution in [0.2, 0.25) is 5.02 Å². The maximum Gasteiger partial charge on any atom is 0.0407 e. The van der Waals surface area contributed by atoms with E-state index in [2.05, 4.69) is 35.9 Å². The van der Waals surface area contributed by atoms with E-state index in [1.54, 1.807) is 0 Å². The molecule has 0 radical (unpaired) electrons. The molecule has 3 heteroatoms. The van der Waals surface area contributed by atoms with E-state index in [0.29, 0.717) is 6.04 Å². The fraction of sp³-hybridized carbons (Fsp3) is 0.500. The van der Waals surface area contributed by atoms with E-state index in [-0.39, 0.29) is 0 Å². The number of benzene rings is 1. The molecule has 2 rings (SSSR count). The summed E-state index contributed by atoms with van der Waals surface area (Å²) in [5.41, 5.74) is 1.28. The monoisotopic (exact) mass is 224 g/mol. The highest BCUT2D eigenvalue weighted by atomic mass is 35.5. The molecule has 1 aromatic carbocycles. The molecule has 0 N–H and O–H groups in total. The summed E-state index contributed by atoms with van der Waals surface area (Å²) in [4.78, 5) is 4.81. The van der Waals surface area contributed by atoms with Crippen molar-refractivity contribution in [2.24, 2.45) is 0 Å². The van der Waals surface area contributed by atoms with Crippen molar-refractivity contribution in [3.05, 3.63) is 29.3 Å². The van der Waals surface area contributed by atoms with E-state index in [0.717, 1.165) is 24.7 Å². The minimum atomic E-state index is 0.574. The molecular weight excluding hydrogens is 208 g/mol. The Morgan fingerprint density at radius 2 is 1.87 bits per heavy atom. The smallest absolute Gasteiger partial charge is 0.0407 e. The molecule has 1 aromatic rings. The molecule has 2 nitrogen and oxygen atoms in total. The van der Waals surface area contributed by atoms with Crippen molar-refractivity contribution in [1.29, 1.82) is 0 Å². The number of halogens is 1. The average molecular weight is 225 g/mol. The lowest BCUT2D eigenvalue weighted by Crippen LogP contribution is -2.50. The van der Waals surface area contributed by atoms with Crippen LogP contribution >= 0.6 is 11.6 Å². The molecule has 0 aliphatic carbocycles. The van der Waals surface area contributed by atoms with Gasteiger partial charge in [0, 0.05) is 36.4 Å². The zero-order valence-corrected chi connectivity index (χ0v) is 10.0. The number of rotatable bonds is 1. The molecule has 1 saturated heterocycles. The fourth-order valence-electron chi connectivity index (χ4n) is 2.16. The number of nitrogens with zero attached hydrogens (tertiary/aromatic N) is 2. The lowest BCUT2D eigenvalue weighted by molar-refractivity contribution is 0.275. The normalized spacial score (nSPS) is 23.1. The summed E-state index contributed by atoms with van der Waals surface area (Å²) < 4.78 is 0. The van der Waals surface area contributed by atoms with Crippen molar-refractivity contribution in [1.82, 2.24) is 4.90 Å². The first-order valence-electron chi connectivity index (χ1n) is 5.37. The molecule has 15 heavy (non-hydrogen) atoms. The van der Waals surface area contributed by atoms with Crippen LogP contribution in [0, 0.1) is 0 Å². The minimum absolute atomic E-state index is 0.574. The van der Waals surface area contributed by atoms with Gasteiger partial charge in [-0.2, -0.15) is 0 Å². The topological polar surface area (TPSA) is 6.48 Å². The summed E-state index contributed by atoms with van der Waals surface area (Å²) in [6.45, 7) is 5.62. The van der Waals surface area contributed by atoms with Gasteiger partial charge in [-0.15, -0.1) is 0 Å². The molecule has 1 atom stereocenters. The summed E-state index contributed by atoms with van der Waals surface area (Å²) in [6.07, 6.45) is 0. The SMILES string of the molecule is C[C@H]1CN(C)CCN1c1ccc(Cl)cc1. The standard InChI is InChI=1S/C12H17ClN2/c1-10-9-14(2)7-8-15(10)12-5-3-11(13)4-6-12/h3-6,10H,7-9H2,1-2H3/t10-/m0/s1. The van der Waals surface area contributed by atoms with Gasteiger partial charge in [0.15, 0.2) is 0 Å². The zero-order valence-electron chi connectivity index (χ0n) is 9.28. The third-order valence-corrected chi connectivity index (χ3v) is 3.24. The first kappa shape index (κ1) is 10.8. The largest absolute Gasteiger partial charge is 0.366 e. The zero-order chi connectivity index (χ0) is 10.8. The van der Waals surface area contributed by atoms with Crippen LogP contribution in [0.3, 0.4) is 0 Å². The highest BCUT2D eigenvalue weighted by Crippen LogP contribution is 2.21. The first-order chi connectivity index (χ1) is 7.16. The maximum atomic E-state index is 5.88. The van der Waals surface area contributed by atoms with Crippen molar-refractivity contribution >= 4 is 17.3 Å². The summed E-state index contributed by atoms with van der Waals surface area (Å²) in [6, 6.07) is 8.70. The van der Waals surface area contributed by atoms with Gasteiger partial charge in [0.1, 0.15) is 0 Å². The van der Waals surface area contributed by atoms with Crippen molar-refractivity contribution in [3.8, 4) is 0 Å². The minimum Gasteiger partial charge on any atom is -0.366 e. The third-order valence-electron chi connectivity index (χ3n) is 2.99. The maximum absolute atomic E-state index is 5.88. The van der Waals surface area contributed by atoms with Crippen LogP contribution in [0.5, 0.6) is 0 Å². The highest BCUT2D eigenvalue weighted by molar-refractivity contribution is 6.30. The van der Waals surface area contributed by atoms with E-state index in [1.165, 1.54) is 5.69 Å². The predicted molar refractivity (Wildman–Crippen MR) is 65.8 cm³/mol.